The number of piperidine rings is 1. The highest BCUT2D eigenvalue weighted by Crippen LogP contribution is 2.39. The predicted octanol–water partition coefficient (Wildman–Crippen LogP) is 6.73. The van der Waals surface area contributed by atoms with Gasteiger partial charge in [0.15, 0.2) is 11.5 Å². The fourth-order valence-electron chi connectivity index (χ4n) is 5.49. The van der Waals surface area contributed by atoms with Crippen LogP contribution in [0.4, 0.5) is 0 Å². The Labute approximate surface area is 241 Å². The second kappa shape index (κ2) is 12.8. The van der Waals surface area contributed by atoms with Crippen LogP contribution in [0.2, 0.25) is 5.02 Å². The number of fused-ring (bicyclic) bond motifs is 1. The molecule has 40 heavy (non-hydrogen) atoms. The van der Waals surface area contributed by atoms with E-state index >= 15 is 0 Å². The summed E-state index contributed by atoms with van der Waals surface area (Å²) in [6, 6.07) is 11.1. The average Bonchev–Trinajstić information content (AvgIpc) is 2.91. The van der Waals surface area contributed by atoms with E-state index in [0.717, 1.165) is 55.7 Å². The third-order valence-corrected chi connectivity index (χ3v) is 8.22. The Balaban J connectivity index is 1.21. The Morgan fingerprint density at radius 2 is 1.90 bits per heavy atom. The Hall–Kier alpha value is -2.87. The summed E-state index contributed by atoms with van der Waals surface area (Å²) < 4.78 is 23.5. The van der Waals surface area contributed by atoms with Crippen molar-refractivity contribution in [2.45, 2.75) is 46.0 Å². The van der Waals surface area contributed by atoms with Gasteiger partial charge in [-0.25, -0.2) is 0 Å². The summed E-state index contributed by atoms with van der Waals surface area (Å²) in [5, 5.41) is 1.32. The molecule has 1 aromatic heterocycles. The highest BCUT2D eigenvalue weighted by molar-refractivity contribution is 6.31. The molecule has 8 heteroatoms. The van der Waals surface area contributed by atoms with Gasteiger partial charge in [0.05, 0.1) is 32.4 Å². The van der Waals surface area contributed by atoms with Gasteiger partial charge in [0.2, 0.25) is 0 Å². The number of nitrogens with zero attached hydrogens (tertiary/aromatic N) is 2. The minimum Gasteiger partial charge on any atom is -0.493 e. The van der Waals surface area contributed by atoms with Crippen LogP contribution in [0.3, 0.4) is 0 Å². The van der Waals surface area contributed by atoms with E-state index in [1.54, 1.807) is 19.4 Å². The van der Waals surface area contributed by atoms with Gasteiger partial charge in [-0.2, -0.15) is 0 Å². The quantitative estimate of drug-likeness (QED) is 0.225. The zero-order chi connectivity index (χ0) is 28.1. The lowest BCUT2D eigenvalue weighted by molar-refractivity contribution is -0.139. The molecular weight excluding hydrogens is 528 g/mol. The van der Waals surface area contributed by atoms with Crippen molar-refractivity contribution in [1.29, 1.82) is 0 Å². The zero-order valence-corrected chi connectivity index (χ0v) is 24.5. The van der Waals surface area contributed by atoms with E-state index in [-0.39, 0.29) is 5.78 Å². The number of likely N-dealkylation sites (tertiary alicyclic amines) is 1. The molecule has 0 bridgehead atoms. The maximum absolute atomic E-state index is 12.2. The number of pyridine rings is 1. The number of ketones is 1. The first-order chi connectivity index (χ1) is 19.3. The normalized spacial score (nSPS) is 16.7. The summed E-state index contributed by atoms with van der Waals surface area (Å²) in [5.74, 6) is 3.03. The Bertz CT molecular complexity index is 1330. The maximum atomic E-state index is 12.2. The smallest absolute Gasteiger partial charge is 0.163 e. The van der Waals surface area contributed by atoms with Gasteiger partial charge >= 0.3 is 0 Å². The van der Waals surface area contributed by atoms with Crippen molar-refractivity contribution in [1.82, 2.24) is 9.88 Å². The van der Waals surface area contributed by atoms with E-state index in [1.165, 1.54) is 12.8 Å². The Morgan fingerprint density at radius 3 is 2.58 bits per heavy atom. The van der Waals surface area contributed by atoms with E-state index in [0.29, 0.717) is 58.8 Å². The van der Waals surface area contributed by atoms with Crippen LogP contribution in [0.5, 0.6) is 23.0 Å². The van der Waals surface area contributed by atoms with Crippen LogP contribution >= 0.6 is 11.6 Å². The number of aromatic nitrogens is 1. The number of carbonyl (C=O) groups excluding carboxylic acids is 1. The van der Waals surface area contributed by atoms with Gasteiger partial charge in [0, 0.05) is 47.5 Å². The molecule has 5 rings (SSSR count). The van der Waals surface area contributed by atoms with Crippen molar-refractivity contribution in [3.8, 4) is 23.0 Å². The van der Waals surface area contributed by atoms with Crippen molar-refractivity contribution < 1.29 is 23.7 Å². The summed E-state index contributed by atoms with van der Waals surface area (Å²) in [4.78, 5) is 19.3. The van der Waals surface area contributed by atoms with Gasteiger partial charge in [0.1, 0.15) is 17.3 Å². The largest absolute Gasteiger partial charge is 0.493 e. The van der Waals surface area contributed by atoms with Gasteiger partial charge in [-0.3, -0.25) is 9.78 Å². The molecule has 0 atom stereocenters. The van der Waals surface area contributed by atoms with Gasteiger partial charge < -0.3 is 23.8 Å². The third kappa shape index (κ3) is 6.88. The number of ether oxygens (including phenoxy) is 4. The van der Waals surface area contributed by atoms with E-state index in [9.17, 15) is 4.79 Å². The average molecular weight is 567 g/mol. The molecule has 2 saturated heterocycles. The highest BCUT2D eigenvalue weighted by Gasteiger charge is 2.40. The molecule has 2 aliphatic heterocycles. The van der Waals surface area contributed by atoms with E-state index < -0.39 is 0 Å². The molecular formula is C32H39ClN2O5. The molecule has 214 valence electrons. The molecule has 0 amide bonds. The van der Waals surface area contributed by atoms with Crippen molar-refractivity contribution in [3.63, 3.8) is 0 Å². The molecule has 2 aliphatic rings. The minimum absolute atomic E-state index is 0.180. The number of methoxy groups -OCH3 is 1. The summed E-state index contributed by atoms with van der Waals surface area (Å²) in [6.45, 7) is 9.86. The lowest BCUT2D eigenvalue weighted by Gasteiger charge is -2.47. The molecule has 7 nitrogen and oxygen atoms in total. The summed E-state index contributed by atoms with van der Waals surface area (Å²) >= 11 is 6.51. The van der Waals surface area contributed by atoms with E-state index in [2.05, 4.69) is 9.88 Å². The fourth-order valence-corrected chi connectivity index (χ4v) is 5.73. The lowest BCUT2D eigenvalue weighted by Crippen LogP contribution is -2.51. The number of halogens is 1. The van der Waals surface area contributed by atoms with Crippen LogP contribution in [0, 0.1) is 11.3 Å². The van der Waals surface area contributed by atoms with E-state index in [1.807, 2.05) is 44.2 Å². The number of benzene rings is 2. The molecule has 0 radical (unpaired) electrons. The number of hydrogen-bond acceptors (Lipinski definition) is 7. The molecule has 2 fully saturated rings. The third-order valence-electron chi connectivity index (χ3n) is 7.87. The Kier molecular flexibility index (Phi) is 9.13. The summed E-state index contributed by atoms with van der Waals surface area (Å²) in [7, 11) is 1.64. The number of hydrogen-bond donors (Lipinski definition) is 0. The van der Waals surface area contributed by atoms with Gasteiger partial charge in [-0.1, -0.05) is 31.5 Å². The first-order valence-corrected chi connectivity index (χ1v) is 14.6. The van der Waals surface area contributed by atoms with Crippen LogP contribution in [0.1, 0.15) is 45.1 Å². The topological polar surface area (TPSA) is 70.1 Å². The molecule has 0 unspecified atom stereocenters. The first-order valence-electron chi connectivity index (χ1n) is 14.2. The first kappa shape index (κ1) is 28.7. The summed E-state index contributed by atoms with van der Waals surface area (Å²) in [5.41, 5.74) is 2.02. The van der Waals surface area contributed by atoms with Crippen LogP contribution in [-0.4, -0.2) is 62.2 Å². The van der Waals surface area contributed by atoms with Gasteiger partial charge in [-0.15, -0.1) is 0 Å². The molecule has 3 heterocycles. The number of rotatable bonds is 12. The minimum atomic E-state index is 0.180. The van der Waals surface area contributed by atoms with Gasteiger partial charge in [0.25, 0.3) is 0 Å². The zero-order valence-electron chi connectivity index (χ0n) is 23.7. The summed E-state index contributed by atoms with van der Waals surface area (Å²) in [6.07, 6.45) is 5.99. The fraction of sp³-hybridized carbons (Fsp3) is 0.500. The van der Waals surface area contributed by atoms with Crippen LogP contribution in [-0.2, 0) is 16.0 Å². The molecule has 3 aromatic rings. The lowest BCUT2D eigenvalue weighted by atomic mass is 9.77. The SMILES string of the molecule is COc1cc2c(Oc3ccc(CC(=O)CC(C)C)c(Cl)c3)ccnc2cc1OCCCN1CCC2(CC1)COC2. The van der Waals surface area contributed by atoms with Crippen molar-refractivity contribution in [2.75, 3.05) is 46.6 Å². The van der Waals surface area contributed by atoms with Crippen LogP contribution in [0.15, 0.2) is 42.6 Å². The van der Waals surface area contributed by atoms with Crippen molar-refractivity contribution in [3.05, 3.63) is 53.2 Å². The maximum Gasteiger partial charge on any atom is 0.163 e. The molecule has 0 saturated carbocycles. The molecule has 0 aliphatic carbocycles. The van der Waals surface area contributed by atoms with Crippen molar-refractivity contribution >= 4 is 28.3 Å². The molecule has 1 spiro atoms. The predicted molar refractivity (Wildman–Crippen MR) is 157 cm³/mol. The standard InChI is InChI=1S/C32H39ClN2O5/c1-22(2)15-24(36)16-23-5-6-25(17-27(23)33)40-29-7-10-34-28-19-31(30(37-3)18-26(28)29)39-14-4-11-35-12-8-32(9-13-35)20-38-21-32/h5-7,10,17-19,22H,4,8-9,11-16,20-21H2,1-3H3. The second-order valence-electron chi connectivity index (χ2n) is 11.5. The van der Waals surface area contributed by atoms with E-state index in [4.69, 9.17) is 30.5 Å². The van der Waals surface area contributed by atoms with Gasteiger partial charge in [-0.05, 0) is 68.1 Å². The molecule has 2 aromatic carbocycles. The number of Topliss-reactive ketones (excluding diaryl/α,β-unsaturated/α-hetero) is 1. The monoisotopic (exact) mass is 566 g/mol. The second-order valence-corrected chi connectivity index (χ2v) is 11.9. The molecule has 0 N–H and O–H groups in total. The highest BCUT2D eigenvalue weighted by atomic mass is 35.5. The van der Waals surface area contributed by atoms with Crippen LogP contribution < -0.4 is 14.2 Å². The van der Waals surface area contributed by atoms with Crippen LogP contribution in [0.25, 0.3) is 10.9 Å². The van der Waals surface area contributed by atoms with Crippen molar-refractivity contribution in [2.24, 2.45) is 11.3 Å². The number of carbonyl (C=O) groups is 1. The Morgan fingerprint density at radius 1 is 1.10 bits per heavy atom.